The van der Waals surface area contributed by atoms with Gasteiger partial charge in [-0.3, -0.25) is 4.79 Å². The molecule has 9 atom stereocenters. The topological polar surface area (TPSA) is 166 Å². The molecular formula is C15H22O10. The first kappa shape index (κ1) is 18.7. The van der Waals surface area contributed by atoms with E-state index in [0.29, 0.717) is 0 Å². The number of fused-ring (bicyclic) bond motifs is 1. The van der Waals surface area contributed by atoms with Crippen LogP contribution in [0.1, 0.15) is 13.3 Å². The number of aliphatic hydroxyl groups is 6. The Kier molecular flexibility index (Phi) is 4.67. The number of ether oxygens (including phenoxy) is 3. The summed E-state index contributed by atoms with van der Waals surface area (Å²) >= 11 is 0. The molecule has 10 heteroatoms. The van der Waals surface area contributed by atoms with Crippen LogP contribution in [0.25, 0.3) is 0 Å². The van der Waals surface area contributed by atoms with Crippen LogP contribution in [-0.2, 0) is 19.0 Å². The van der Waals surface area contributed by atoms with Crippen molar-refractivity contribution in [2.75, 3.05) is 6.61 Å². The molecule has 2 aliphatic heterocycles. The fourth-order valence-electron chi connectivity index (χ4n) is 3.72. The summed E-state index contributed by atoms with van der Waals surface area (Å²) in [5.41, 5.74) is -3.39. The summed E-state index contributed by atoms with van der Waals surface area (Å²) in [4.78, 5) is 11.9. The Bertz CT molecular complexity index is 563. The van der Waals surface area contributed by atoms with Gasteiger partial charge >= 0.3 is 0 Å². The first-order valence-electron chi connectivity index (χ1n) is 7.89. The second-order valence-corrected chi connectivity index (χ2v) is 6.90. The molecule has 0 unspecified atom stereocenters. The van der Waals surface area contributed by atoms with Gasteiger partial charge in [0.2, 0.25) is 6.29 Å². The van der Waals surface area contributed by atoms with E-state index in [2.05, 4.69) is 0 Å². The predicted octanol–water partition coefficient (Wildman–Crippen LogP) is -3.26. The second kappa shape index (κ2) is 6.25. The van der Waals surface area contributed by atoms with E-state index in [0.717, 1.165) is 6.26 Å². The summed E-state index contributed by atoms with van der Waals surface area (Å²) in [5.74, 6) is -2.12. The highest BCUT2D eigenvalue weighted by Crippen LogP contribution is 2.49. The van der Waals surface area contributed by atoms with Crippen LogP contribution in [0.3, 0.4) is 0 Å². The van der Waals surface area contributed by atoms with Gasteiger partial charge < -0.3 is 44.8 Å². The van der Waals surface area contributed by atoms with Gasteiger partial charge in [-0.05, 0) is 13.0 Å². The molecule has 0 bridgehead atoms. The molecule has 0 amide bonds. The van der Waals surface area contributed by atoms with Crippen LogP contribution in [-0.4, -0.2) is 91.2 Å². The molecule has 0 radical (unpaired) electrons. The van der Waals surface area contributed by atoms with Gasteiger partial charge in [-0.2, -0.15) is 0 Å². The van der Waals surface area contributed by atoms with Crippen molar-refractivity contribution in [3.05, 3.63) is 12.3 Å². The molecular weight excluding hydrogens is 340 g/mol. The van der Waals surface area contributed by atoms with Crippen molar-refractivity contribution < 1.29 is 49.6 Å². The summed E-state index contributed by atoms with van der Waals surface area (Å²) in [6.45, 7) is 0.704. The van der Waals surface area contributed by atoms with E-state index in [1.54, 1.807) is 0 Å². The monoisotopic (exact) mass is 362 g/mol. The van der Waals surface area contributed by atoms with E-state index < -0.39 is 66.5 Å². The maximum atomic E-state index is 11.9. The Hall–Kier alpha value is -1.11. The summed E-state index contributed by atoms with van der Waals surface area (Å²) in [7, 11) is 0. The van der Waals surface area contributed by atoms with Gasteiger partial charge in [0, 0.05) is 6.42 Å². The van der Waals surface area contributed by atoms with Gasteiger partial charge in [-0.25, -0.2) is 0 Å². The number of carbonyl (C=O) groups is 1. The van der Waals surface area contributed by atoms with Crippen LogP contribution in [0.15, 0.2) is 12.3 Å². The zero-order valence-corrected chi connectivity index (χ0v) is 13.4. The van der Waals surface area contributed by atoms with E-state index in [4.69, 9.17) is 19.3 Å². The van der Waals surface area contributed by atoms with Crippen molar-refractivity contribution >= 4 is 5.78 Å². The summed E-state index contributed by atoms with van der Waals surface area (Å²) in [6.07, 6.45) is -6.94. The van der Waals surface area contributed by atoms with Gasteiger partial charge in [0.25, 0.3) is 0 Å². The van der Waals surface area contributed by atoms with Gasteiger partial charge in [0.15, 0.2) is 18.2 Å². The third-order valence-electron chi connectivity index (χ3n) is 5.08. The lowest BCUT2D eigenvalue weighted by Gasteiger charge is -2.43. The van der Waals surface area contributed by atoms with E-state index in [9.17, 15) is 30.3 Å². The van der Waals surface area contributed by atoms with Gasteiger partial charge in [0.05, 0.1) is 30.5 Å². The Morgan fingerprint density at radius 1 is 1.24 bits per heavy atom. The molecule has 1 aliphatic carbocycles. The maximum absolute atomic E-state index is 11.9. The minimum Gasteiger partial charge on any atom is -0.472 e. The van der Waals surface area contributed by atoms with Gasteiger partial charge in [-0.1, -0.05) is 0 Å². The van der Waals surface area contributed by atoms with Crippen molar-refractivity contribution in [2.24, 2.45) is 5.92 Å². The maximum Gasteiger partial charge on any atom is 0.210 e. The van der Waals surface area contributed by atoms with E-state index in [-0.39, 0.29) is 6.42 Å². The molecule has 10 nitrogen and oxygen atoms in total. The number of aliphatic hydroxyl groups excluding tert-OH is 4. The quantitative estimate of drug-likeness (QED) is 0.300. The number of carbonyl (C=O) groups excluding carboxylic acids is 1. The lowest BCUT2D eigenvalue weighted by molar-refractivity contribution is -0.324. The fourth-order valence-corrected chi connectivity index (χ4v) is 3.72. The number of ketones is 1. The third-order valence-corrected chi connectivity index (χ3v) is 5.08. The fraction of sp³-hybridized carbons (Fsp3) is 0.800. The van der Waals surface area contributed by atoms with Gasteiger partial charge in [0.1, 0.15) is 17.8 Å². The highest BCUT2D eigenvalue weighted by Gasteiger charge is 2.64. The standard InChI is InChI=1S/C15H22O10/c1-14(21)4-7(17)15(22)2-3-23-13(11(14)15)25-12-10(20)9(19)8(18)6(5-16)24-12/h2-3,6-8,10-13,16-18,20-22H,4-5H2,1H3/t6-,7-,8-,10-,11-,12+,13+,14+,15-/m1/s1. The Labute approximate surface area is 142 Å². The van der Waals surface area contributed by atoms with Crippen molar-refractivity contribution in [2.45, 2.75) is 61.5 Å². The molecule has 0 aromatic rings. The molecule has 0 spiro atoms. The average molecular weight is 362 g/mol. The molecule has 1 saturated heterocycles. The van der Waals surface area contributed by atoms with E-state index >= 15 is 0 Å². The Balaban J connectivity index is 1.83. The first-order chi connectivity index (χ1) is 11.6. The SMILES string of the molecule is C[C@]1(O)C[C@@H](O)[C@]2(O)C=CO[C@@H](O[C@@H]3O[C@H](CO)[C@@H](O)C(=O)[C@H]3O)[C@@H]21. The summed E-state index contributed by atoms with van der Waals surface area (Å²) in [6, 6.07) is 0. The number of hydrogen-bond donors (Lipinski definition) is 6. The highest BCUT2D eigenvalue weighted by molar-refractivity contribution is 5.88. The van der Waals surface area contributed by atoms with Crippen LogP contribution < -0.4 is 0 Å². The molecule has 0 aromatic heterocycles. The van der Waals surface area contributed by atoms with E-state index in [1.807, 2.05) is 0 Å². The van der Waals surface area contributed by atoms with Crippen LogP contribution in [0.2, 0.25) is 0 Å². The smallest absolute Gasteiger partial charge is 0.210 e. The third kappa shape index (κ3) is 2.88. The van der Waals surface area contributed by atoms with Gasteiger partial charge in [-0.15, -0.1) is 0 Å². The van der Waals surface area contributed by atoms with Crippen LogP contribution in [0.5, 0.6) is 0 Å². The lowest BCUT2D eigenvalue weighted by atomic mass is 9.81. The predicted molar refractivity (Wildman–Crippen MR) is 77.6 cm³/mol. The van der Waals surface area contributed by atoms with Crippen molar-refractivity contribution in [3.63, 3.8) is 0 Å². The molecule has 1 saturated carbocycles. The molecule has 25 heavy (non-hydrogen) atoms. The van der Waals surface area contributed by atoms with Crippen molar-refractivity contribution in [1.29, 1.82) is 0 Å². The normalized spacial score (nSPS) is 52.8. The Morgan fingerprint density at radius 3 is 2.56 bits per heavy atom. The molecule has 2 heterocycles. The van der Waals surface area contributed by atoms with Crippen LogP contribution in [0.4, 0.5) is 0 Å². The number of Topliss-reactive ketones (excluding diaryl/α,β-unsaturated/α-hetero) is 1. The zero-order valence-electron chi connectivity index (χ0n) is 13.4. The average Bonchev–Trinajstić information content (AvgIpc) is 2.73. The van der Waals surface area contributed by atoms with Crippen LogP contribution in [0, 0.1) is 5.92 Å². The minimum atomic E-state index is -1.85. The molecule has 142 valence electrons. The molecule has 0 aromatic carbocycles. The Morgan fingerprint density at radius 2 is 1.92 bits per heavy atom. The van der Waals surface area contributed by atoms with Crippen molar-refractivity contribution in [3.8, 4) is 0 Å². The minimum absolute atomic E-state index is 0.146. The second-order valence-electron chi connectivity index (χ2n) is 6.90. The van der Waals surface area contributed by atoms with E-state index in [1.165, 1.54) is 13.0 Å². The number of hydrogen-bond acceptors (Lipinski definition) is 10. The number of rotatable bonds is 3. The molecule has 2 fully saturated rings. The molecule has 3 aliphatic rings. The lowest BCUT2D eigenvalue weighted by Crippen LogP contribution is -2.60. The first-order valence-corrected chi connectivity index (χ1v) is 7.89. The largest absolute Gasteiger partial charge is 0.472 e. The molecule has 6 N–H and O–H groups in total. The highest BCUT2D eigenvalue weighted by atomic mass is 16.8. The zero-order chi connectivity index (χ0) is 18.6. The summed E-state index contributed by atoms with van der Waals surface area (Å²) < 4.78 is 15.9. The molecule has 3 rings (SSSR count). The van der Waals surface area contributed by atoms with Crippen molar-refractivity contribution in [1.82, 2.24) is 0 Å². The summed E-state index contributed by atoms with van der Waals surface area (Å²) in [5, 5.41) is 60.0. The van der Waals surface area contributed by atoms with Crippen LogP contribution >= 0.6 is 0 Å².